The van der Waals surface area contributed by atoms with Crippen LogP contribution < -0.4 is 11.3 Å². The van der Waals surface area contributed by atoms with Crippen molar-refractivity contribution < 1.29 is 0 Å². The molecule has 3 N–H and O–H groups in total. The van der Waals surface area contributed by atoms with Gasteiger partial charge in [-0.15, -0.1) is 0 Å². The lowest BCUT2D eigenvalue weighted by molar-refractivity contribution is 0.400. The lowest BCUT2D eigenvalue weighted by atomic mass is 9.79. The summed E-state index contributed by atoms with van der Waals surface area (Å²) in [6.45, 7) is 14.0. The topological polar surface area (TPSA) is 50.9 Å². The molecule has 1 heterocycles. The molecule has 0 bridgehead atoms. The van der Waals surface area contributed by atoms with E-state index in [1.807, 2.05) is 0 Å². The van der Waals surface area contributed by atoms with Crippen LogP contribution in [0, 0.1) is 0 Å². The molecule has 0 saturated carbocycles. The minimum Gasteiger partial charge on any atom is -0.271 e. The van der Waals surface area contributed by atoms with E-state index in [1.165, 1.54) is 38.7 Å². The first kappa shape index (κ1) is 21.0. The maximum absolute atomic E-state index is 6.08. The summed E-state index contributed by atoms with van der Waals surface area (Å²) < 4.78 is 0. The van der Waals surface area contributed by atoms with E-state index in [1.54, 1.807) is 0 Å². The third-order valence-corrected chi connectivity index (χ3v) is 6.80. The van der Waals surface area contributed by atoms with Gasteiger partial charge in [-0.3, -0.25) is 16.3 Å². The fraction of sp³-hybridized carbons (Fsp3) is 0.444. The number of hydrogen-bond acceptors (Lipinski definition) is 3. The van der Waals surface area contributed by atoms with Crippen molar-refractivity contribution in [2.45, 2.75) is 77.2 Å². The van der Waals surface area contributed by atoms with E-state index in [0.29, 0.717) is 5.92 Å². The molecule has 1 aliphatic rings. The minimum atomic E-state index is 0.0356. The molecule has 0 saturated heterocycles. The highest BCUT2D eigenvalue weighted by Gasteiger charge is 2.44. The van der Waals surface area contributed by atoms with Crippen LogP contribution in [-0.4, -0.2) is 4.98 Å². The lowest BCUT2D eigenvalue weighted by Gasteiger charge is -2.26. The van der Waals surface area contributed by atoms with Gasteiger partial charge in [-0.2, -0.15) is 0 Å². The second-order valence-corrected chi connectivity index (χ2v) is 10.5. The van der Waals surface area contributed by atoms with E-state index >= 15 is 0 Å². The zero-order valence-electron chi connectivity index (χ0n) is 19.2. The highest BCUT2D eigenvalue weighted by Crippen LogP contribution is 2.52. The lowest BCUT2D eigenvalue weighted by Crippen LogP contribution is -2.30. The average Bonchev–Trinajstić information content (AvgIpc) is 2.89. The molecule has 2 aromatic carbocycles. The van der Waals surface area contributed by atoms with Crippen LogP contribution in [0.1, 0.15) is 87.9 Å². The SMILES string of the molecule is CC(C)c1ccc(C(Cc2ccccc2)NN)c2cnc3c(c12)C(C)(C)CC3(C)C. The second-order valence-electron chi connectivity index (χ2n) is 10.5. The van der Waals surface area contributed by atoms with Gasteiger partial charge in [0.05, 0.1) is 11.7 Å². The molecule has 0 amide bonds. The van der Waals surface area contributed by atoms with Gasteiger partial charge < -0.3 is 0 Å². The van der Waals surface area contributed by atoms with Crippen molar-refractivity contribution in [3.8, 4) is 0 Å². The van der Waals surface area contributed by atoms with E-state index in [0.717, 1.165) is 12.8 Å². The van der Waals surface area contributed by atoms with Crippen molar-refractivity contribution in [1.29, 1.82) is 0 Å². The van der Waals surface area contributed by atoms with Gasteiger partial charge in [0.1, 0.15) is 0 Å². The van der Waals surface area contributed by atoms with Crippen LogP contribution in [-0.2, 0) is 17.3 Å². The van der Waals surface area contributed by atoms with E-state index in [9.17, 15) is 0 Å². The van der Waals surface area contributed by atoms with Crippen LogP contribution in [0.2, 0.25) is 0 Å². The van der Waals surface area contributed by atoms with Crippen molar-refractivity contribution >= 4 is 10.8 Å². The summed E-state index contributed by atoms with van der Waals surface area (Å²) in [6.07, 6.45) is 4.07. The maximum Gasteiger partial charge on any atom is 0.0507 e. The van der Waals surface area contributed by atoms with Gasteiger partial charge in [-0.05, 0) is 51.8 Å². The number of nitrogens with zero attached hydrogens (tertiary/aromatic N) is 1. The third-order valence-electron chi connectivity index (χ3n) is 6.80. The molecular formula is C27H35N3. The molecule has 1 atom stereocenters. The third kappa shape index (κ3) is 3.44. The Hall–Kier alpha value is -2.23. The van der Waals surface area contributed by atoms with Gasteiger partial charge in [0.2, 0.25) is 0 Å². The number of rotatable bonds is 5. The molecule has 1 unspecified atom stereocenters. The van der Waals surface area contributed by atoms with Gasteiger partial charge in [0.25, 0.3) is 0 Å². The van der Waals surface area contributed by atoms with E-state index in [2.05, 4.69) is 95.6 Å². The average molecular weight is 402 g/mol. The highest BCUT2D eigenvalue weighted by atomic mass is 15.2. The Kier molecular flexibility index (Phi) is 5.24. The van der Waals surface area contributed by atoms with E-state index in [-0.39, 0.29) is 16.9 Å². The quantitative estimate of drug-likeness (QED) is 0.403. The summed E-state index contributed by atoms with van der Waals surface area (Å²) in [5.74, 6) is 6.53. The minimum absolute atomic E-state index is 0.0356. The van der Waals surface area contributed by atoms with Crippen molar-refractivity contribution in [3.63, 3.8) is 0 Å². The van der Waals surface area contributed by atoms with Crippen LogP contribution in [0.15, 0.2) is 48.7 Å². The number of nitrogens with two attached hydrogens (primary N) is 1. The molecule has 3 aromatic rings. The van der Waals surface area contributed by atoms with E-state index in [4.69, 9.17) is 10.8 Å². The molecule has 4 rings (SSSR count). The number of hydrazine groups is 1. The zero-order valence-corrected chi connectivity index (χ0v) is 19.2. The molecule has 3 nitrogen and oxygen atoms in total. The first-order valence-corrected chi connectivity index (χ1v) is 11.1. The Labute approximate surface area is 181 Å². The predicted molar refractivity (Wildman–Crippen MR) is 127 cm³/mol. The monoisotopic (exact) mass is 401 g/mol. The van der Waals surface area contributed by atoms with Gasteiger partial charge in [0, 0.05) is 17.0 Å². The van der Waals surface area contributed by atoms with Gasteiger partial charge in [-0.25, -0.2) is 0 Å². The maximum atomic E-state index is 6.08. The Morgan fingerprint density at radius 3 is 2.27 bits per heavy atom. The number of hydrogen-bond donors (Lipinski definition) is 2. The summed E-state index contributed by atoms with van der Waals surface area (Å²) in [5.41, 5.74) is 9.89. The van der Waals surface area contributed by atoms with Gasteiger partial charge in [0.15, 0.2) is 0 Å². The fourth-order valence-electron chi connectivity index (χ4n) is 5.73. The summed E-state index contributed by atoms with van der Waals surface area (Å²) in [6, 6.07) is 15.2. The number of benzene rings is 2. The standard InChI is InChI=1S/C27H35N3/c1-17(2)19-12-13-20(22(30-28)14-18-10-8-7-9-11-18)21-15-29-25-24(23(19)21)26(3,4)16-27(25,5)6/h7-13,15,17,22,30H,14,16,28H2,1-6H3. The molecule has 30 heavy (non-hydrogen) atoms. The molecule has 1 aromatic heterocycles. The van der Waals surface area contributed by atoms with Gasteiger partial charge >= 0.3 is 0 Å². The molecule has 3 heteroatoms. The van der Waals surface area contributed by atoms with Crippen LogP contribution in [0.25, 0.3) is 10.8 Å². The Morgan fingerprint density at radius 1 is 0.967 bits per heavy atom. The second kappa shape index (κ2) is 7.47. The van der Waals surface area contributed by atoms with Crippen LogP contribution in [0.4, 0.5) is 0 Å². The van der Waals surface area contributed by atoms with E-state index < -0.39 is 0 Å². The number of aromatic nitrogens is 1. The summed E-state index contributed by atoms with van der Waals surface area (Å²) in [7, 11) is 0. The first-order chi connectivity index (χ1) is 14.2. The molecule has 0 fully saturated rings. The number of nitrogens with one attached hydrogen (secondary N) is 1. The predicted octanol–water partition coefficient (Wildman–Crippen LogP) is 6.06. The zero-order chi connectivity index (χ0) is 21.7. The summed E-state index contributed by atoms with van der Waals surface area (Å²) in [4.78, 5) is 5.05. The Balaban J connectivity index is 1.97. The van der Waals surface area contributed by atoms with Crippen LogP contribution in [0.3, 0.4) is 0 Å². The molecule has 0 radical (unpaired) electrons. The summed E-state index contributed by atoms with van der Waals surface area (Å²) in [5, 5.41) is 2.64. The van der Waals surface area contributed by atoms with Crippen molar-refractivity contribution in [3.05, 3.63) is 76.6 Å². The molecular weight excluding hydrogens is 366 g/mol. The van der Waals surface area contributed by atoms with Crippen LogP contribution in [0.5, 0.6) is 0 Å². The summed E-state index contributed by atoms with van der Waals surface area (Å²) >= 11 is 0. The smallest absolute Gasteiger partial charge is 0.0507 e. The first-order valence-electron chi connectivity index (χ1n) is 11.1. The highest BCUT2D eigenvalue weighted by molar-refractivity contribution is 5.94. The Bertz CT molecular complexity index is 1060. The van der Waals surface area contributed by atoms with Gasteiger partial charge in [-0.1, -0.05) is 84.0 Å². The fourth-order valence-corrected chi connectivity index (χ4v) is 5.73. The van der Waals surface area contributed by atoms with Crippen molar-refractivity contribution in [2.24, 2.45) is 5.84 Å². The number of pyridine rings is 1. The largest absolute Gasteiger partial charge is 0.271 e. The van der Waals surface area contributed by atoms with Crippen molar-refractivity contribution in [2.75, 3.05) is 0 Å². The number of fused-ring (bicyclic) bond motifs is 3. The molecule has 0 spiro atoms. The molecule has 1 aliphatic carbocycles. The Morgan fingerprint density at radius 2 is 1.63 bits per heavy atom. The molecule has 158 valence electrons. The molecule has 0 aliphatic heterocycles. The van der Waals surface area contributed by atoms with Crippen molar-refractivity contribution in [1.82, 2.24) is 10.4 Å². The van der Waals surface area contributed by atoms with Crippen LogP contribution >= 0.6 is 0 Å². The normalized spacial score (nSPS) is 18.0.